The molecular formula is C30H27N3O. The van der Waals surface area contributed by atoms with Crippen LogP contribution in [0.5, 0.6) is 0 Å². The molecule has 5 rings (SSSR count). The van der Waals surface area contributed by atoms with Crippen molar-refractivity contribution in [2.75, 3.05) is 5.32 Å². The third-order valence-corrected chi connectivity index (χ3v) is 6.04. The number of aromatic nitrogens is 2. The number of nitrogens with one attached hydrogen (secondary N) is 1. The lowest BCUT2D eigenvalue weighted by molar-refractivity contribution is -0.116. The second kappa shape index (κ2) is 9.36. The number of rotatable bonds is 6. The van der Waals surface area contributed by atoms with Crippen molar-refractivity contribution < 1.29 is 4.79 Å². The molecule has 2 aromatic heterocycles. The quantitative estimate of drug-likeness (QED) is 0.310. The van der Waals surface area contributed by atoms with E-state index >= 15 is 0 Å². The van der Waals surface area contributed by atoms with Crippen molar-refractivity contribution in [1.29, 1.82) is 0 Å². The number of pyridine rings is 1. The second-order valence-corrected chi connectivity index (χ2v) is 8.70. The molecule has 1 N–H and O–H groups in total. The summed E-state index contributed by atoms with van der Waals surface area (Å²) in [6, 6.07) is 30.6. The molecule has 0 spiro atoms. The van der Waals surface area contributed by atoms with E-state index in [0.29, 0.717) is 12.8 Å². The molecule has 5 aromatic rings. The highest BCUT2D eigenvalue weighted by Crippen LogP contribution is 2.29. The Labute approximate surface area is 199 Å². The molecule has 0 fully saturated rings. The molecule has 168 valence electrons. The molecular weight excluding hydrogens is 418 g/mol. The Hall–Kier alpha value is -4.18. The van der Waals surface area contributed by atoms with Crippen molar-refractivity contribution in [3.05, 3.63) is 114 Å². The predicted octanol–water partition coefficient (Wildman–Crippen LogP) is 6.86. The summed E-state index contributed by atoms with van der Waals surface area (Å²) in [5.41, 5.74) is 9.44. The first-order valence-corrected chi connectivity index (χ1v) is 11.6. The number of nitrogens with zero attached hydrogens (tertiary/aromatic N) is 2. The van der Waals surface area contributed by atoms with Crippen LogP contribution < -0.4 is 5.32 Å². The van der Waals surface area contributed by atoms with Crippen LogP contribution in [0, 0.1) is 13.8 Å². The number of anilines is 1. The molecule has 0 aliphatic rings. The smallest absolute Gasteiger partial charge is 0.224 e. The van der Waals surface area contributed by atoms with Crippen molar-refractivity contribution >= 4 is 17.2 Å². The van der Waals surface area contributed by atoms with Gasteiger partial charge < -0.3 is 9.72 Å². The lowest BCUT2D eigenvalue weighted by Crippen LogP contribution is -2.13. The fourth-order valence-electron chi connectivity index (χ4n) is 4.25. The topological polar surface area (TPSA) is 46.4 Å². The van der Waals surface area contributed by atoms with Crippen LogP contribution in [0.15, 0.2) is 97.2 Å². The molecule has 4 heteroatoms. The first-order chi connectivity index (χ1) is 16.6. The minimum absolute atomic E-state index is 0.00848. The summed E-state index contributed by atoms with van der Waals surface area (Å²) in [5, 5.41) is 2.99. The van der Waals surface area contributed by atoms with E-state index in [2.05, 4.69) is 90.4 Å². The van der Waals surface area contributed by atoms with Crippen LogP contribution in [0.25, 0.3) is 28.0 Å². The van der Waals surface area contributed by atoms with Gasteiger partial charge in [-0.1, -0.05) is 77.9 Å². The van der Waals surface area contributed by atoms with Gasteiger partial charge in [0.25, 0.3) is 0 Å². The number of benzene rings is 3. The zero-order valence-electron chi connectivity index (χ0n) is 19.5. The normalized spacial score (nSPS) is 11.0. The maximum atomic E-state index is 12.7. The molecule has 0 bridgehead atoms. The van der Waals surface area contributed by atoms with Gasteiger partial charge in [-0.15, -0.1) is 0 Å². The number of imidazole rings is 1. The number of carbonyl (C=O) groups is 1. The van der Waals surface area contributed by atoms with Crippen LogP contribution in [0.1, 0.15) is 23.2 Å². The number of para-hydroxylation sites is 1. The molecule has 34 heavy (non-hydrogen) atoms. The number of hydrogen-bond donors (Lipinski definition) is 1. The summed E-state index contributed by atoms with van der Waals surface area (Å²) in [5.74, 6) is -0.00848. The summed E-state index contributed by atoms with van der Waals surface area (Å²) in [4.78, 5) is 17.7. The highest BCUT2D eigenvalue weighted by Gasteiger charge is 2.16. The van der Waals surface area contributed by atoms with E-state index in [4.69, 9.17) is 4.98 Å². The molecule has 0 aliphatic heterocycles. The predicted molar refractivity (Wildman–Crippen MR) is 139 cm³/mol. The Morgan fingerprint density at radius 1 is 0.794 bits per heavy atom. The largest absolute Gasteiger partial charge is 0.326 e. The fraction of sp³-hybridized carbons (Fsp3) is 0.133. The van der Waals surface area contributed by atoms with Gasteiger partial charge in [0.05, 0.1) is 11.4 Å². The van der Waals surface area contributed by atoms with Gasteiger partial charge in [0.1, 0.15) is 5.65 Å². The Morgan fingerprint density at radius 2 is 1.56 bits per heavy atom. The molecule has 0 atom stereocenters. The van der Waals surface area contributed by atoms with E-state index in [1.54, 1.807) is 0 Å². The molecule has 4 nitrogen and oxygen atoms in total. The van der Waals surface area contributed by atoms with Gasteiger partial charge in [-0.3, -0.25) is 4.79 Å². The van der Waals surface area contributed by atoms with Gasteiger partial charge in [0.2, 0.25) is 5.91 Å². The van der Waals surface area contributed by atoms with E-state index in [-0.39, 0.29) is 5.91 Å². The Kier molecular flexibility index (Phi) is 5.96. The van der Waals surface area contributed by atoms with E-state index in [1.165, 1.54) is 16.7 Å². The van der Waals surface area contributed by atoms with Gasteiger partial charge in [-0.05, 0) is 55.7 Å². The molecule has 3 aromatic carbocycles. The molecule has 2 heterocycles. The van der Waals surface area contributed by atoms with Crippen LogP contribution in [-0.2, 0) is 11.2 Å². The highest BCUT2D eigenvalue weighted by molar-refractivity contribution is 5.91. The van der Waals surface area contributed by atoms with Gasteiger partial charge in [-0.2, -0.15) is 0 Å². The highest BCUT2D eigenvalue weighted by atomic mass is 16.1. The lowest BCUT2D eigenvalue weighted by atomic mass is 10.0. The summed E-state index contributed by atoms with van der Waals surface area (Å²) < 4.78 is 2.14. The van der Waals surface area contributed by atoms with Crippen LogP contribution >= 0.6 is 0 Å². The Morgan fingerprint density at radius 3 is 2.32 bits per heavy atom. The van der Waals surface area contributed by atoms with Gasteiger partial charge in [-0.25, -0.2) is 4.98 Å². The molecule has 0 radical (unpaired) electrons. The van der Waals surface area contributed by atoms with E-state index in [0.717, 1.165) is 33.8 Å². The number of fused-ring (bicyclic) bond motifs is 1. The van der Waals surface area contributed by atoms with Gasteiger partial charge >= 0.3 is 0 Å². The standard InChI is InChI=1S/C30H27N3O/c1-21-11-13-23(14-12-21)30-27(16-18-29(34)31-26-9-4-3-5-10-26)33-20-25(15-17-28(33)32-30)24-8-6-7-22(2)19-24/h3-15,17,19-20H,16,18H2,1-2H3,(H,31,34). The molecule has 0 saturated carbocycles. The number of amides is 1. The molecule has 1 amide bonds. The first kappa shape index (κ1) is 21.7. The summed E-state index contributed by atoms with van der Waals surface area (Å²) in [6.45, 7) is 4.18. The molecule has 0 aliphatic carbocycles. The van der Waals surface area contributed by atoms with Crippen molar-refractivity contribution in [1.82, 2.24) is 9.38 Å². The van der Waals surface area contributed by atoms with Gasteiger partial charge in [0.15, 0.2) is 0 Å². The third-order valence-electron chi connectivity index (χ3n) is 6.04. The average Bonchev–Trinajstić information content (AvgIpc) is 3.21. The molecule has 0 saturated heterocycles. The van der Waals surface area contributed by atoms with E-state index < -0.39 is 0 Å². The van der Waals surface area contributed by atoms with Crippen molar-refractivity contribution in [3.8, 4) is 22.4 Å². The fourth-order valence-corrected chi connectivity index (χ4v) is 4.25. The van der Waals surface area contributed by atoms with Crippen LogP contribution in [-0.4, -0.2) is 15.3 Å². The number of hydrogen-bond acceptors (Lipinski definition) is 2. The van der Waals surface area contributed by atoms with Crippen molar-refractivity contribution in [3.63, 3.8) is 0 Å². The third kappa shape index (κ3) is 4.62. The van der Waals surface area contributed by atoms with E-state index in [9.17, 15) is 4.79 Å². The summed E-state index contributed by atoms with van der Waals surface area (Å²) in [6.07, 6.45) is 3.09. The summed E-state index contributed by atoms with van der Waals surface area (Å²) in [7, 11) is 0. The summed E-state index contributed by atoms with van der Waals surface area (Å²) >= 11 is 0. The number of carbonyl (C=O) groups excluding carboxylic acids is 1. The second-order valence-electron chi connectivity index (χ2n) is 8.70. The number of aryl methyl sites for hydroxylation is 3. The monoisotopic (exact) mass is 445 g/mol. The zero-order chi connectivity index (χ0) is 23.5. The maximum Gasteiger partial charge on any atom is 0.224 e. The zero-order valence-corrected chi connectivity index (χ0v) is 19.5. The molecule has 0 unspecified atom stereocenters. The van der Waals surface area contributed by atoms with Crippen LogP contribution in [0.4, 0.5) is 5.69 Å². The Balaban J connectivity index is 1.53. The van der Waals surface area contributed by atoms with Gasteiger partial charge in [0, 0.05) is 23.9 Å². The van der Waals surface area contributed by atoms with Crippen LogP contribution in [0.2, 0.25) is 0 Å². The lowest BCUT2D eigenvalue weighted by Gasteiger charge is -2.09. The average molecular weight is 446 g/mol. The minimum atomic E-state index is -0.00848. The SMILES string of the molecule is Cc1ccc(-c2nc3ccc(-c4cccc(C)c4)cn3c2CCC(=O)Nc2ccccc2)cc1. The van der Waals surface area contributed by atoms with E-state index in [1.807, 2.05) is 30.3 Å². The van der Waals surface area contributed by atoms with Crippen molar-refractivity contribution in [2.45, 2.75) is 26.7 Å². The minimum Gasteiger partial charge on any atom is -0.326 e. The van der Waals surface area contributed by atoms with Crippen LogP contribution in [0.3, 0.4) is 0 Å². The Bertz CT molecular complexity index is 1450. The van der Waals surface area contributed by atoms with Crippen molar-refractivity contribution in [2.24, 2.45) is 0 Å². The first-order valence-electron chi connectivity index (χ1n) is 11.6. The maximum absolute atomic E-state index is 12.7.